The molecule has 1 saturated heterocycles. The summed E-state index contributed by atoms with van der Waals surface area (Å²) in [4.78, 5) is 25.2. The molecule has 1 aromatic carbocycles. The van der Waals surface area contributed by atoms with Crippen molar-refractivity contribution in [2.45, 2.75) is 19.4 Å². The van der Waals surface area contributed by atoms with Gasteiger partial charge in [-0.05, 0) is 12.5 Å². The molecule has 0 aliphatic carbocycles. The van der Waals surface area contributed by atoms with E-state index >= 15 is 0 Å². The third-order valence-electron chi connectivity index (χ3n) is 2.89. The lowest BCUT2D eigenvalue weighted by Gasteiger charge is -2.17. The maximum Gasteiger partial charge on any atom is 0.329 e. The number of hydrogen-bond acceptors (Lipinski definition) is 3. The second-order valence-electron chi connectivity index (χ2n) is 4.43. The standard InChI is InChI=1S/C14H18N2O3/c1-2-19-13(17)12(15-14(18)16-8-9-16)10-11-6-4-3-5-7-11/h3-7,12H,2,8-10H2,1H3,(H,15,18)/t12-/m1/s1. The summed E-state index contributed by atoms with van der Waals surface area (Å²) in [5.74, 6) is -0.387. The molecule has 1 N–H and O–H groups in total. The van der Waals surface area contributed by atoms with E-state index < -0.39 is 6.04 Å². The number of amides is 2. The molecule has 2 amide bonds. The molecular formula is C14H18N2O3. The summed E-state index contributed by atoms with van der Waals surface area (Å²) in [6.45, 7) is 3.58. The number of rotatable bonds is 5. The number of urea groups is 1. The third-order valence-corrected chi connectivity index (χ3v) is 2.89. The molecule has 0 aromatic heterocycles. The van der Waals surface area contributed by atoms with E-state index in [4.69, 9.17) is 4.74 Å². The molecule has 1 aliphatic heterocycles. The minimum absolute atomic E-state index is 0.200. The molecule has 102 valence electrons. The zero-order valence-electron chi connectivity index (χ0n) is 11.0. The molecule has 0 saturated carbocycles. The fraction of sp³-hybridized carbons (Fsp3) is 0.429. The first-order valence-electron chi connectivity index (χ1n) is 6.46. The Kier molecular flexibility index (Phi) is 4.39. The van der Waals surface area contributed by atoms with Crippen LogP contribution in [0.5, 0.6) is 0 Å². The van der Waals surface area contributed by atoms with Gasteiger partial charge in [0, 0.05) is 19.5 Å². The molecule has 1 aliphatic rings. The highest BCUT2D eigenvalue weighted by molar-refractivity contribution is 5.84. The van der Waals surface area contributed by atoms with E-state index in [1.165, 1.54) is 0 Å². The van der Waals surface area contributed by atoms with Crippen LogP contribution < -0.4 is 5.32 Å². The topological polar surface area (TPSA) is 58.4 Å². The maximum absolute atomic E-state index is 11.9. The van der Waals surface area contributed by atoms with Crippen LogP contribution in [0.25, 0.3) is 0 Å². The van der Waals surface area contributed by atoms with Gasteiger partial charge in [-0.15, -0.1) is 0 Å². The monoisotopic (exact) mass is 262 g/mol. The Bertz CT molecular complexity index is 443. The van der Waals surface area contributed by atoms with E-state index in [-0.39, 0.29) is 12.0 Å². The maximum atomic E-state index is 11.9. The molecule has 5 heteroatoms. The second kappa shape index (κ2) is 6.22. The van der Waals surface area contributed by atoms with E-state index in [1.54, 1.807) is 11.8 Å². The van der Waals surface area contributed by atoms with Crippen molar-refractivity contribution in [1.29, 1.82) is 0 Å². The lowest BCUT2D eigenvalue weighted by molar-refractivity contribution is -0.145. The summed E-state index contributed by atoms with van der Waals surface area (Å²) in [6.07, 6.45) is 0.444. The van der Waals surface area contributed by atoms with Crippen LogP contribution in [-0.2, 0) is 16.0 Å². The number of esters is 1. The Morgan fingerprint density at radius 2 is 2.00 bits per heavy atom. The van der Waals surface area contributed by atoms with Gasteiger partial charge in [-0.2, -0.15) is 0 Å². The Balaban J connectivity index is 2.00. The number of carbonyl (C=O) groups excluding carboxylic acids is 2. The van der Waals surface area contributed by atoms with E-state index in [9.17, 15) is 9.59 Å². The van der Waals surface area contributed by atoms with Gasteiger partial charge in [0.15, 0.2) is 0 Å². The van der Waals surface area contributed by atoms with Crippen molar-refractivity contribution < 1.29 is 14.3 Å². The van der Waals surface area contributed by atoms with Crippen molar-refractivity contribution in [2.75, 3.05) is 19.7 Å². The van der Waals surface area contributed by atoms with Gasteiger partial charge in [0.25, 0.3) is 0 Å². The molecule has 19 heavy (non-hydrogen) atoms. The van der Waals surface area contributed by atoms with Gasteiger partial charge in [-0.1, -0.05) is 30.3 Å². The van der Waals surface area contributed by atoms with Crippen LogP contribution in [0.4, 0.5) is 4.79 Å². The average molecular weight is 262 g/mol. The highest BCUT2D eigenvalue weighted by atomic mass is 16.5. The van der Waals surface area contributed by atoms with Crippen LogP contribution in [0.3, 0.4) is 0 Å². The SMILES string of the molecule is CCOC(=O)[C@@H](Cc1ccccc1)NC(=O)N1CC1. The Morgan fingerprint density at radius 3 is 2.58 bits per heavy atom. The molecule has 1 aromatic rings. The van der Waals surface area contributed by atoms with Gasteiger partial charge in [0.05, 0.1) is 6.61 Å². The first-order valence-corrected chi connectivity index (χ1v) is 6.46. The van der Waals surface area contributed by atoms with Crippen LogP contribution in [0.15, 0.2) is 30.3 Å². The van der Waals surface area contributed by atoms with Crippen molar-refractivity contribution in [3.8, 4) is 0 Å². The predicted octanol–water partition coefficient (Wildman–Crippen LogP) is 1.19. The molecule has 0 spiro atoms. The summed E-state index contributed by atoms with van der Waals surface area (Å²) in [6, 6.07) is 8.75. The Labute approximate surface area is 112 Å². The minimum Gasteiger partial charge on any atom is -0.464 e. The zero-order valence-corrected chi connectivity index (χ0v) is 11.0. The number of carbonyl (C=O) groups is 2. The van der Waals surface area contributed by atoms with Crippen LogP contribution in [0.1, 0.15) is 12.5 Å². The number of nitrogens with zero attached hydrogens (tertiary/aromatic N) is 1. The van der Waals surface area contributed by atoms with E-state index in [0.717, 1.165) is 18.7 Å². The quantitative estimate of drug-likeness (QED) is 0.640. The molecule has 0 radical (unpaired) electrons. The predicted molar refractivity (Wildman–Crippen MR) is 70.7 cm³/mol. The second-order valence-corrected chi connectivity index (χ2v) is 4.43. The van der Waals surface area contributed by atoms with Crippen LogP contribution in [-0.4, -0.2) is 42.6 Å². The first-order chi connectivity index (χ1) is 9.20. The number of nitrogens with one attached hydrogen (secondary N) is 1. The number of hydrogen-bond donors (Lipinski definition) is 1. The molecule has 2 rings (SSSR count). The highest BCUT2D eigenvalue weighted by Crippen LogP contribution is 2.08. The molecular weight excluding hydrogens is 244 g/mol. The van der Waals surface area contributed by atoms with Crippen LogP contribution in [0, 0.1) is 0 Å². The highest BCUT2D eigenvalue weighted by Gasteiger charge is 2.29. The van der Waals surface area contributed by atoms with Crippen molar-refractivity contribution in [3.63, 3.8) is 0 Å². The summed E-state index contributed by atoms with van der Waals surface area (Å²) in [5.41, 5.74) is 0.992. The van der Waals surface area contributed by atoms with Gasteiger partial charge in [-0.3, -0.25) is 0 Å². The minimum atomic E-state index is -0.629. The smallest absolute Gasteiger partial charge is 0.329 e. The largest absolute Gasteiger partial charge is 0.464 e. The average Bonchev–Trinajstić information content (AvgIpc) is 3.23. The summed E-state index contributed by atoms with van der Waals surface area (Å²) < 4.78 is 5.01. The van der Waals surface area contributed by atoms with Crippen LogP contribution >= 0.6 is 0 Å². The summed E-state index contributed by atoms with van der Waals surface area (Å²) >= 11 is 0. The normalized spacial score (nSPS) is 14.7. The molecule has 1 heterocycles. The fourth-order valence-electron chi connectivity index (χ4n) is 1.78. The van der Waals surface area contributed by atoms with Crippen molar-refractivity contribution in [2.24, 2.45) is 0 Å². The van der Waals surface area contributed by atoms with Gasteiger partial charge in [0.1, 0.15) is 6.04 Å². The van der Waals surface area contributed by atoms with Gasteiger partial charge >= 0.3 is 12.0 Å². The van der Waals surface area contributed by atoms with E-state index in [1.807, 2.05) is 30.3 Å². The van der Waals surface area contributed by atoms with E-state index in [0.29, 0.717) is 13.0 Å². The Hall–Kier alpha value is -2.04. The van der Waals surface area contributed by atoms with Crippen molar-refractivity contribution in [1.82, 2.24) is 10.2 Å². The summed E-state index contributed by atoms with van der Waals surface area (Å²) in [5, 5.41) is 2.72. The molecule has 0 unspecified atom stereocenters. The Morgan fingerprint density at radius 1 is 1.32 bits per heavy atom. The summed E-state index contributed by atoms with van der Waals surface area (Å²) in [7, 11) is 0. The lowest BCUT2D eigenvalue weighted by atomic mass is 10.1. The number of benzene rings is 1. The molecule has 5 nitrogen and oxygen atoms in total. The lowest BCUT2D eigenvalue weighted by Crippen LogP contribution is -2.45. The van der Waals surface area contributed by atoms with Gasteiger partial charge in [0.2, 0.25) is 0 Å². The fourth-order valence-corrected chi connectivity index (χ4v) is 1.78. The first kappa shape index (κ1) is 13.4. The van der Waals surface area contributed by atoms with Crippen LogP contribution in [0.2, 0.25) is 0 Å². The molecule has 1 fully saturated rings. The van der Waals surface area contributed by atoms with Gasteiger partial charge in [-0.25, -0.2) is 9.59 Å². The van der Waals surface area contributed by atoms with Crippen molar-refractivity contribution in [3.05, 3.63) is 35.9 Å². The zero-order chi connectivity index (χ0) is 13.7. The molecule has 1 atom stereocenters. The molecule has 0 bridgehead atoms. The number of ether oxygens (including phenoxy) is 1. The van der Waals surface area contributed by atoms with E-state index in [2.05, 4.69) is 5.32 Å². The van der Waals surface area contributed by atoms with Crippen molar-refractivity contribution >= 4 is 12.0 Å². The third kappa shape index (κ3) is 3.98. The van der Waals surface area contributed by atoms with Gasteiger partial charge < -0.3 is 15.0 Å².